The van der Waals surface area contributed by atoms with Crippen LogP contribution in [0.25, 0.3) is 0 Å². The monoisotopic (exact) mass is 420 g/mol. The highest BCUT2D eigenvalue weighted by Gasteiger charge is 2.58. The van der Waals surface area contributed by atoms with Crippen molar-refractivity contribution < 1.29 is 14.3 Å². The summed E-state index contributed by atoms with van der Waals surface area (Å²) in [7, 11) is 3.74. The Morgan fingerprint density at radius 2 is 1.86 bits per heavy atom. The predicted molar refractivity (Wildman–Crippen MR) is 111 cm³/mol. The van der Waals surface area contributed by atoms with Crippen LogP contribution in [0.15, 0.2) is 24.3 Å². The van der Waals surface area contributed by atoms with Gasteiger partial charge in [0.1, 0.15) is 11.7 Å². The zero-order valence-electron chi connectivity index (χ0n) is 17.1. The maximum Gasteiger partial charge on any atom is 0.253 e. The molecule has 0 saturated carbocycles. The summed E-state index contributed by atoms with van der Waals surface area (Å²) in [5, 5.41) is 0.624. The van der Waals surface area contributed by atoms with Crippen LogP contribution in [0.1, 0.15) is 23.2 Å². The molecule has 1 aromatic carbocycles. The molecule has 3 aliphatic heterocycles. The molecule has 0 unspecified atom stereocenters. The first-order valence-electron chi connectivity index (χ1n) is 10.3. The lowest BCUT2D eigenvalue weighted by Gasteiger charge is -2.50. The van der Waals surface area contributed by atoms with Gasteiger partial charge in [-0.05, 0) is 31.3 Å². The van der Waals surface area contributed by atoms with Gasteiger partial charge < -0.3 is 19.4 Å². The quantitative estimate of drug-likeness (QED) is 0.736. The van der Waals surface area contributed by atoms with E-state index >= 15 is 0 Å². The van der Waals surface area contributed by atoms with Crippen molar-refractivity contribution in [2.45, 2.75) is 24.5 Å². The summed E-state index contributed by atoms with van der Waals surface area (Å²) in [5.41, 5.74) is 0.347. The third-order valence-corrected chi connectivity index (χ3v) is 6.89. The Labute approximate surface area is 177 Å². The topological polar surface area (TPSA) is 56.3 Å². The highest BCUT2D eigenvalue weighted by atomic mass is 35.5. The van der Waals surface area contributed by atoms with Crippen molar-refractivity contribution in [2.75, 3.05) is 60.0 Å². The number of fused-ring (bicyclic) bond motifs is 2. The number of rotatable bonds is 4. The summed E-state index contributed by atoms with van der Waals surface area (Å²) < 4.78 is 5.29. The minimum Gasteiger partial charge on any atom is -0.383 e. The number of likely N-dealkylation sites (tertiary alicyclic amines) is 1. The molecule has 7 nitrogen and oxygen atoms in total. The summed E-state index contributed by atoms with van der Waals surface area (Å²) in [6.07, 6.45) is 1.53. The lowest BCUT2D eigenvalue weighted by Crippen LogP contribution is -2.63. The molecule has 158 valence electrons. The Balaban J connectivity index is 1.52. The molecule has 0 bridgehead atoms. The number of carbonyl (C=O) groups is 2. The smallest absolute Gasteiger partial charge is 0.253 e. The average molecular weight is 421 g/mol. The number of carbonyl (C=O) groups excluding carboxylic acids is 2. The normalized spacial score (nSPS) is 24.9. The second-order valence-corrected chi connectivity index (χ2v) is 8.67. The second-order valence-electron chi connectivity index (χ2n) is 8.24. The fourth-order valence-corrected chi connectivity index (χ4v) is 5.20. The number of piperazine rings is 1. The summed E-state index contributed by atoms with van der Waals surface area (Å²) >= 11 is 5.95. The Bertz CT molecular complexity index is 764. The fourth-order valence-electron chi connectivity index (χ4n) is 5.07. The summed E-state index contributed by atoms with van der Waals surface area (Å²) in [5.74, 6) is 0.227. The first-order valence-corrected chi connectivity index (χ1v) is 10.6. The Hall–Kier alpha value is -1.67. The number of ether oxygens (including phenoxy) is 1. The number of piperidine rings is 1. The van der Waals surface area contributed by atoms with E-state index in [-0.39, 0.29) is 23.5 Å². The number of halogens is 1. The van der Waals surface area contributed by atoms with Gasteiger partial charge in [0.05, 0.1) is 6.61 Å². The molecule has 8 heteroatoms. The number of amides is 2. The van der Waals surface area contributed by atoms with Crippen LogP contribution in [0.5, 0.6) is 0 Å². The molecular formula is C21H29ClN4O3. The van der Waals surface area contributed by atoms with Gasteiger partial charge in [0.15, 0.2) is 0 Å². The molecule has 3 saturated heterocycles. The number of hydrogen-bond acceptors (Lipinski definition) is 5. The van der Waals surface area contributed by atoms with Crippen molar-refractivity contribution in [3.8, 4) is 0 Å². The number of benzene rings is 1. The molecule has 0 radical (unpaired) electrons. The van der Waals surface area contributed by atoms with Crippen molar-refractivity contribution in [3.63, 3.8) is 0 Å². The predicted octanol–water partition coefficient (Wildman–Crippen LogP) is 1.38. The average Bonchev–Trinajstić information content (AvgIpc) is 2.94. The molecule has 4 rings (SSSR count). The molecule has 1 atom stereocenters. The Kier molecular flexibility index (Phi) is 5.84. The van der Waals surface area contributed by atoms with Gasteiger partial charge in [-0.2, -0.15) is 0 Å². The van der Waals surface area contributed by atoms with Crippen LogP contribution in [-0.2, 0) is 9.53 Å². The van der Waals surface area contributed by atoms with Crippen LogP contribution in [0.2, 0.25) is 5.02 Å². The molecule has 1 spiro atoms. The Morgan fingerprint density at radius 3 is 2.52 bits per heavy atom. The number of nitrogens with zero attached hydrogens (tertiary/aromatic N) is 4. The zero-order valence-corrected chi connectivity index (χ0v) is 17.9. The third kappa shape index (κ3) is 3.65. The molecule has 0 N–H and O–H groups in total. The second kappa shape index (κ2) is 8.22. The highest BCUT2D eigenvalue weighted by molar-refractivity contribution is 6.30. The van der Waals surface area contributed by atoms with E-state index in [1.165, 1.54) is 0 Å². The van der Waals surface area contributed by atoms with Crippen molar-refractivity contribution in [2.24, 2.45) is 0 Å². The van der Waals surface area contributed by atoms with Gasteiger partial charge in [-0.3, -0.25) is 14.5 Å². The van der Waals surface area contributed by atoms with Crippen LogP contribution in [0.3, 0.4) is 0 Å². The van der Waals surface area contributed by atoms with E-state index in [1.807, 2.05) is 9.80 Å². The number of likely N-dealkylation sites (N-methyl/N-ethyl adjacent to an activating group) is 1. The zero-order chi connectivity index (χ0) is 20.6. The van der Waals surface area contributed by atoms with Crippen molar-refractivity contribution in [1.29, 1.82) is 0 Å². The number of methoxy groups -OCH3 is 1. The van der Waals surface area contributed by atoms with Crippen molar-refractivity contribution in [3.05, 3.63) is 34.9 Å². The fraction of sp³-hybridized carbons (Fsp3) is 0.619. The van der Waals surface area contributed by atoms with Crippen molar-refractivity contribution >= 4 is 23.4 Å². The summed E-state index contributed by atoms with van der Waals surface area (Å²) in [4.78, 5) is 34.7. The van der Waals surface area contributed by atoms with Gasteiger partial charge in [0.25, 0.3) is 5.91 Å². The molecule has 2 amide bonds. The maximum absolute atomic E-state index is 13.2. The van der Waals surface area contributed by atoms with Gasteiger partial charge in [-0.25, -0.2) is 0 Å². The Morgan fingerprint density at radius 1 is 1.17 bits per heavy atom. The van der Waals surface area contributed by atoms with Crippen LogP contribution >= 0.6 is 11.6 Å². The van der Waals surface area contributed by atoms with E-state index in [1.54, 1.807) is 31.4 Å². The van der Waals surface area contributed by atoms with Crippen LogP contribution in [0.4, 0.5) is 0 Å². The molecule has 3 fully saturated rings. The number of hydrogen-bond donors (Lipinski definition) is 0. The lowest BCUT2D eigenvalue weighted by molar-refractivity contribution is -0.134. The van der Waals surface area contributed by atoms with E-state index in [9.17, 15) is 9.59 Å². The van der Waals surface area contributed by atoms with Gasteiger partial charge in [-0.1, -0.05) is 11.6 Å². The van der Waals surface area contributed by atoms with E-state index in [0.29, 0.717) is 36.8 Å². The largest absolute Gasteiger partial charge is 0.383 e. The van der Waals surface area contributed by atoms with Gasteiger partial charge >= 0.3 is 0 Å². The highest BCUT2D eigenvalue weighted by Crippen LogP contribution is 2.41. The molecule has 1 aromatic rings. The van der Waals surface area contributed by atoms with E-state index in [0.717, 1.165) is 32.5 Å². The molecule has 3 aliphatic rings. The molecule has 3 heterocycles. The van der Waals surface area contributed by atoms with Gasteiger partial charge in [-0.15, -0.1) is 0 Å². The van der Waals surface area contributed by atoms with Crippen molar-refractivity contribution in [1.82, 2.24) is 19.6 Å². The molecule has 0 aliphatic carbocycles. The van der Waals surface area contributed by atoms with E-state index in [2.05, 4.69) is 16.8 Å². The molecule has 0 aromatic heterocycles. The van der Waals surface area contributed by atoms with E-state index in [4.69, 9.17) is 16.3 Å². The van der Waals surface area contributed by atoms with Gasteiger partial charge in [0.2, 0.25) is 5.91 Å². The first kappa shape index (κ1) is 20.6. The first-order chi connectivity index (χ1) is 14.0. The van der Waals surface area contributed by atoms with Crippen LogP contribution < -0.4 is 0 Å². The van der Waals surface area contributed by atoms with Crippen LogP contribution in [0, 0.1) is 0 Å². The lowest BCUT2D eigenvalue weighted by atomic mass is 9.93. The van der Waals surface area contributed by atoms with E-state index < -0.39 is 0 Å². The van der Waals surface area contributed by atoms with Crippen LogP contribution in [-0.4, -0.2) is 103 Å². The molecular weight excluding hydrogens is 392 g/mol. The minimum atomic E-state index is -0.307. The standard InChI is InChI=1S/C21H29ClN4O3/c1-23-11-12-25-18(15-23)20(28)26(13-14-29-2)21(25)7-9-24(10-8-21)19(27)16-3-5-17(22)6-4-16/h3-6,18H,7-15H2,1-2H3/t18-/m1/s1. The SMILES string of the molecule is COCCN1C(=O)[C@H]2CN(C)CCN2C12CCN(C(=O)c1ccc(Cl)cc1)CC2. The summed E-state index contributed by atoms with van der Waals surface area (Å²) in [6, 6.07) is 6.95. The third-order valence-electron chi connectivity index (χ3n) is 6.63. The summed E-state index contributed by atoms with van der Waals surface area (Å²) in [6.45, 7) is 4.99. The minimum absolute atomic E-state index is 0.0270. The van der Waals surface area contributed by atoms with Gasteiger partial charge in [0, 0.05) is 69.8 Å². The molecule has 29 heavy (non-hydrogen) atoms. The maximum atomic E-state index is 13.2.